The third-order valence-electron chi connectivity index (χ3n) is 5.48. The molecule has 8 heteroatoms. The first-order valence-corrected chi connectivity index (χ1v) is 13.1. The zero-order valence-corrected chi connectivity index (χ0v) is 20.0. The van der Waals surface area contributed by atoms with Crippen molar-refractivity contribution in [2.24, 2.45) is 0 Å². The maximum absolute atomic E-state index is 12.5. The van der Waals surface area contributed by atoms with E-state index in [1.54, 1.807) is 29.3 Å². The number of hydrogen-bond acceptors (Lipinski definition) is 6. The zero-order valence-electron chi connectivity index (χ0n) is 18.4. The highest BCUT2D eigenvalue weighted by Crippen LogP contribution is 2.34. The molecule has 4 aromatic rings. The van der Waals surface area contributed by atoms with Gasteiger partial charge in [-0.2, -0.15) is 11.8 Å². The summed E-state index contributed by atoms with van der Waals surface area (Å²) in [5.41, 5.74) is 3.38. The van der Waals surface area contributed by atoms with Crippen molar-refractivity contribution in [3.63, 3.8) is 0 Å². The second kappa shape index (κ2) is 10.2. The average Bonchev–Trinajstić information content (AvgIpc) is 3.43. The fourth-order valence-electron chi connectivity index (χ4n) is 3.92. The summed E-state index contributed by atoms with van der Waals surface area (Å²) in [5.74, 6) is 7.90. The Labute approximate surface area is 205 Å². The number of pyridine rings is 1. The molecule has 6 nitrogen and oxygen atoms in total. The molecule has 3 aromatic heterocycles. The van der Waals surface area contributed by atoms with E-state index < -0.39 is 0 Å². The fourth-order valence-corrected chi connectivity index (χ4v) is 6.01. The lowest BCUT2D eigenvalue weighted by atomic mass is 10.2. The summed E-state index contributed by atoms with van der Waals surface area (Å²) in [4.78, 5) is 38.8. The Morgan fingerprint density at radius 2 is 2.12 bits per heavy atom. The Kier molecular flexibility index (Phi) is 6.74. The van der Waals surface area contributed by atoms with E-state index in [1.165, 1.54) is 10.4 Å². The van der Waals surface area contributed by atoms with Gasteiger partial charge in [0.15, 0.2) is 0 Å². The second-order valence-corrected chi connectivity index (χ2v) is 10.1. The van der Waals surface area contributed by atoms with Crippen LogP contribution in [0.5, 0.6) is 0 Å². The molecule has 5 rings (SSSR count). The van der Waals surface area contributed by atoms with Crippen LogP contribution in [-0.4, -0.2) is 26.6 Å². The van der Waals surface area contributed by atoms with Gasteiger partial charge < -0.3 is 10.3 Å². The minimum Gasteiger partial charge on any atom is -0.326 e. The minimum absolute atomic E-state index is 0.0382. The smallest absolute Gasteiger partial charge is 0.259 e. The van der Waals surface area contributed by atoms with Crippen molar-refractivity contribution in [1.82, 2.24) is 15.0 Å². The van der Waals surface area contributed by atoms with E-state index >= 15 is 0 Å². The summed E-state index contributed by atoms with van der Waals surface area (Å²) in [6.07, 6.45) is 5.23. The van der Waals surface area contributed by atoms with Gasteiger partial charge in [0.1, 0.15) is 16.3 Å². The van der Waals surface area contributed by atoms with Crippen molar-refractivity contribution in [1.29, 1.82) is 0 Å². The van der Waals surface area contributed by atoms with Gasteiger partial charge in [-0.3, -0.25) is 9.59 Å². The molecule has 1 amide bonds. The van der Waals surface area contributed by atoms with E-state index in [9.17, 15) is 9.59 Å². The van der Waals surface area contributed by atoms with E-state index in [2.05, 4.69) is 32.1 Å². The molecule has 170 valence electrons. The molecule has 0 atom stereocenters. The molecule has 0 fully saturated rings. The van der Waals surface area contributed by atoms with Crippen LogP contribution in [0.3, 0.4) is 0 Å². The normalized spacial score (nSPS) is 12.2. The van der Waals surface area contributed by atoms with Crippen LogP contribution in [0.1, 0.15) is 40.4 Å². The highest BCUT2D eigenvalue weighted by atomic mass is 32.2. The van der Waals surface area contributed by atoms with E-state index in [-0.39, 0.29) is 11.5 Å². The summed E-state index contributed by atoms with van der Waals surface area (Å²) in [5, 5.41) is 3.70. The average molecular weight is 487 g/mol. The number of carbonyl (C=O) groups excluding carboxylic acids is 1. The maximum atomic E-state index is 12.5. The van der Waals surface area contributed by atoms with Gasteiger partial charge in [-0.05, 0) is 61.1 Å². The highest BCUT2D eigenvalue weighted by Gasteiger charge is 2.21. The second-order valence-electron chi connectivity index (χ2n) is 7.95. The summed E-state index contributed by atoms with van der Waals surface area (Å²) < 4.78 is 0. The standard InChI is InChI=1S/C26H22N4O2S2/c31-23(28-19-7-3-5-17(15-19)10-11-18-6-1-2-13-27-18)12-14-33-16-22-29-25(32)24-20-8-4-9-21(20)34-26(24)30-22/h1-3,5-7,13,15H,4,8-9,12,14,16H2,(H,28,31)(H,29,30,32). The molecular weight excluding hydrogens is 464 g/mol. The predicted octanol–water partition coefficient (Wildman–Crippen LogP) is 4.53. The molecule has 0 saturated carbocycles. The van der Waals surface area contributed by atoms with Crippen molar-refractivity contribution in [2.45, 2.75) is 31.4 Å². The number of thiophene rings is 1. The van der Waals surface area contributed by atoms with Crippen LogP contribution in [0.4, 0.5) is 5.69 Å². The molecule has 0 spiro atoms. The van der Waals surface area contributed by atoms with Crippen molar-refractivity contribution >= 4 is 44.9 Å². The van der Waals surface area contributed by atoms with Crippen LogP contribution in [0.25, 0.3) is 10.2 Å². The number of aromatic nitrogens is 3. The van der Waals surface area contributed by atoms with Gasteiger partial charge in [-0.1, -0.05) is 18.1 Å². The molecule has 0 radical (unpaired) electrons. The van der Waals surface area contributed by atoms with Gasteiger partial charge in [0.2, 0.25) is 5.91 Å². The van der Waals surface area contributed by atoms with Crippen LogP contribution >= 0.6 is 23.1 Å². The van der Waals surface area contributed by atoms with E-state index in [1.807, 2.05) is 42.5 Å². The number of aromatic amines is 1. The van der Waals surface area contributed by atoms with E-state index in [0.29, 0.717) is 35.1 Å². The third-order valence-corrected chi connectivity index (χ3v) is 7.64. The number of fused-ring (bicyclic) bond motifs is 3. The monoisotopic (exact) mass is 486 g/mol. The molecule has 1 aliphatic carbocycles. The Balaban J connectivity index is 1.13. The molecule has 0 bridgehead atoms. The van der Waals surface area contributed by atoms with Gasteiger partial charge in [0, 0.05) is 34.5 Å². The first-order chi connectivity index (χ1) is 16.7. The lowest BCUT2D eigenvalue weighted by Gasteiger charge is -2.06. The SMILES string of the molecule is O=C(CCSCc1nc2sc3c(c2c(=O)[nH]1)CCC3)Nc1cccc(C#Cc2ccccn2)c1. The number of benzene rings is 1. The highest BCUT2D eigenvalue weighted by molar-refractivity contribution is 7.98. The topological polar surface area (TPSA) is 87.7 Å². The van der Waals surface area contributed by atoms with E-state index in [0.717, 1.165) is 35.0 Å². The van der Waals surface area contributed by atoms with Crippen LogP contribution in [0, 0.1) is 11.8 Å². The molecule has 3 heterocycles. The largest absolute Gasteiger partial charge is 0.326 e. The number of hydrogen-bond donors (Lipinski definition) is 2. The van der Waals surface area contributed by atoms with Crippen LogP contribution < -0.4 is 10.9 Å². The number of H-pyrrole nitrogens is 1. The summed E-state index contributed by atoms with van der Waals surface area (Å²) in [7, 11) is 0. The number of thioether (sulfide) groups is 1. The van der Waals surface area contributed by atoms with Gasteiger partial charge >= 0.3 is 0 Å². The first kappa shape index (κ1) is 22.4. The lowest BCUT2D eigenvalue weighted by Crippen LogP contribution is -2.13. The molecule has 34 heavy (non-hydrogen) atoms. The van der Waals surface area contributed by atoms with Crippen LogP contribution in [-0.2, 0) is 23.4 Å². The van der Waals surface area contributed by atoms with Crippen molar-refractivity contribution < 1.29 is 4.79 Å². The van der Waals surface area contributed by atoms with Gasteiger partial charge in [0.05, 0.1) is 11.1 Å². The Morgan fingerprint density at radius 3 is 3.00 bits per heavy atom. The fraction of sp³-hybridized carbons (Fsp3) is 0.231. The number of nitrogens with one attached hydrogen (secondary N) is 2. The maximum Gasteiger partial charge on any atom is 0.259 e. The van der Waals surface area contributed by atoms with Crippen LogP contribution in [0.15, 0.2) is 53.5 Å². The number of amides is 1. The molecule has 0 aliphatic heterocycles. The van der Waals surface area contributed by atoms with Crippen molar-refractivity contribution in [3.8, 4) is 11.8 Å². The molecule has 2 N–H and O–H groups in total. The Hall–Kier alpha value is -3.41. The Bertz CT molecular complexity index is 1470. The van der Waals surface area contributed by atoms with Gasteiger partial charge in [0.25, 0.3) is 5.56 Å². The number of carbonyl (C=O) groups is 1. The number of nitrogens with zero attached hydrogens (tertiary/aromatic N) is 2. The van der Waals surface area contributed by atoms with Crippen molar-refractivity contribution in [2.75, 3.05) is 11.1 Å². The zero-order chi connectivity index (χ0) is 23.3. The molecule has 0 saturated heterocycles. The molecule has 0 unspecified atom stereocenters. The predicted molar refractivity (Wildman–Crippen MR) is 138 cm³/mol. The third kappa shape index (κ3) is 5.22. The van der Waals surface area contributed by atoms with Crippen molar-refractivity contribution in [3.05, 3.63) is 86.5 Å². The summed E-state index contributed by atoms with van der Waals surface area (Å²) in [6, 6.07) is 13.1. The Morgan fingerprint density at radius 1 is 1.18 bits per heavy atom. The summed E-state index contributed by atoms with van der Waals surface area (Å²) >= 11 is 3.23. The molecular formula is C26H22N4O2S2. The molecule has 1 aromatic carbocycles. The van der Waals surface area contributed by atoms with Gasteiger partial charge in [-0.25, -0.2) is 9.97 Å². The quantitative estimate of drug-likeness (QED) is 0.309. The first-order valence-electron chi connectivity index (χ1n) is 11.1. The van der Waals surface area contributed by atoms with Crippen LogP contribution in [0.2, 0.25) is 0 Å². The number of aryl methyl sites for hydroxylation is 2. The summed E-state index contributed by atoms with van der Waals surface area (Å²) in [6.45, 7) is 0. The number of anilines is 1. The molecule has 1 aliphatic rings. The van der Waals surface area contributed by atoms with E-state index in [4.69, 9.17) is 0 Å². The number of rotatable bonds is 6. The minimum atomic E-state index is -0.0612. The van der Waals surface area contributed by atoms with Gasteiger partial charge in [-0.15, -0.1) is 11.3 Å². The lowest BCUT2D eigenvalue weighted by molar-refractivity contribution is -0.115.